The van der Waals surface area contributed by atoms with E-state index in [1.165, 1.54) is 5.56 Å². The standard InChI is InChI=1S/C16H24N2O2/c1-4-14(17)16(19)18-9-15(20-10-12(18)3)13-8-6-5-7-11(13)2/h5-8,12,14-15H,4,9-10,17H2,1-3H3/t12-,14+,15-/m1/s1. The molecule has 1 fully saturated rings. The van der Waals surface area contributed by atoms with Gasteiger partial charge in [-0.15, -0.1) is 0 Å². The van der Waals surface area contributed by atoms with E-state index in [-0.39, 0.29) is 18.1 Å². The molecular weight excluding hydrogens is 252 g/mol. The fraction of sp³-hybridized carbons (Fsp3) is 0.562. The van der Waals surface area contributed by atoms with E-state index < -0.39 is 6.04 Å². The number of hydrogen-bond donors (Lipinski definition) is 1. The summed E-state index contributed by atoms with van der Waals surface area (Å²) in [4.78, 5) is 14.2. The van der Waals surface area contributed by atoms with E-state index in [0.717, 1.165) is 5.56 Å². The number of hydrogen-bond acceptors (Lipinski definition) is 3. The average Bonchev–Trinajstić information content (AvgIpc) is 2.47. The molecule has 2 rings (SSSR count). The SMILES string of the molecule is CC[C@H](N)C(=O)N1C[C@H](c2ccccc2C)OC[C@H]1C. The summed E-state index contributed by atoms with van der Waals surface area (Å²) in [6.07, 6.45) is 0.609. The second-order valence-electron chi connectivity index (χ2n) is 5.53. The minimum absolute atomic E-state index is 0.0295. The first-order valence-corrected chi connectivity index (χ1v) is 7.27. The molecule has 1 aromatic rings. The number of nitrogens with two attached hydrogens (primary N) is 1. The predicted octanol–water partition coefficient (Wildman–Crippen LogP) is 2.02. The lowest BCUT2D eigenvalue weighted by atomic mass is 10.0. The fourth-order valence-corrected chi connectivity index (χ4v) is 2.59. The van der Waals surface area contributed by atoms with Crippen molar-refractivity contribution in [3.8, 4) is 0 Å². The van der Waals surface area contributed by atoms with Crippen molar-refractivity contribution >= 4 is 5.91 Å². The van der Waals surface area contributed by atoms with Crippen molar-refractivity contribution in [3.63, 3.8) is 0 Å². The monoisotopic (exact) mass is 276 g/mol. The highest BCUT2D eigenvalue weighted by Gasteiger charge is 2.32. The van der Waals surface area contributed by atoms with Crippen LogP contribution >= 0.6 is 0 Å². The number of aryl methyl sites for hydroxylation is 1. The van der Waals surface area contributed by atoms with Gasteiger partial charge in [0.1, 0.15) is 6.10 Å². The summed E-state index contributed by atoms with van der Waals surface area (Å²) in [6, 6.07) is 7.83. The second-order valence-corrected chi connectivity index (χ2v) is 5.53. The van der Waals surface area contributed by atoms with Gasteiger partial charge in [0.25, 0.3) is 0 Å². The molecule has 0 aromatic heterocycles. The molecule has 2 N–H and O–H groups in total. The molecule has 1 heterocycles. The first-order chi connectivity index (χ1) is 9.54. The molecule has 110 valence electrons. The number of ether oxygens (including phenoxy) is 1. The number of rotatable bonds is 3. The predicted molar refractivity (Wildman–Crippen MR) is 79.3 cm³/mol. The van der Waals surface area contributed by atoms with Crippen LogP contribution in [0, 0.1) is 6.92 Å². The number of nitrogens with zero attached hydrogens (tertiary/aromatic N) is 1. The highest BCUT2D eigenvalue weighted by atomic mass is 16.5. The Kier molecular flexibility index (Phi) is 4.78. The summed E-state index contributed by atoms with van der Waals surface area (Å²) < 4.78 is 5.92. The van der Waals surface area contributed by atoms with Gasteiger partial charge >= 0.3 is 0 Å². The van der Waals surface area contributed by atoms with Crippen molar-refractivity contribution in [2.75, 3.05) is 13.2 Å². The molecule has 0 bridgehead atoms. The molecule has 0 saturated carbocycles. The maximum Gasteiger partial charge on any atom is 0.239 e. The third-order valence-electron chi connectivity index (χ3n) is 4.01. The van der Waals surface area contributed by atoms with Gasteiger partial charge in [-0.05, 0) is 31.4 Å². The Bertz CT molecular complexity index is 475. The Morgan fingerprint density at radius 1 is 1.50 bits per heavy atom. The van der Waals surface area contributed by atoms with E-state index in [9.17, 15) is 4.79 Å². The second kappa shape index (κ2) is 6.37. The van der Waals surface area contributed by atoms with E-state index in [1.807, 2.05) is 30.9 Å². The van der Waals surface area contributed by atoms with Crippen molar-refractivity contribution in [2.45, 2.75) is 45.4 Å². The van der Waals surface area contributed by atoms with E-state index in [0.29, 0.717) is 19.6 Å². The molecule has 20 heavy (non-hydrogen) atoms. The molecular formula is C16H24N2O2. The molecule has 3 atom stereocenters. The quantitative estimate of drug-likeness (QED) is 0.919. The number of amides is 1. The Morgan fingerprint density at radius 3 is 2.85 bits per heavy atom. The number of carbonyl (C=O) groups is 1. The molecule has 1 saturated heterocycles. The van der Waals surface area contributed by atoms with Crippen LogP contribution in [-0.2, 0) is 9.53 Å². The molecule has 1 aromatic carbocycles. The van der Waals surface area contributed by atoms with Crippen molar-refractivity contribution in [2.24, 2.45) is 5.73 Å². The van der Waals surface area contributed by atoms with Gasteiger partial charge in [0.15, 0.2) is 0 Å². The zero-order chi connectivity index (χ0) is 14.7. The van der Waals surface area contributed by atoms with Crippen LogP contribution in [0.3, 0.4) is 0 Å². The van der Waals surface area contributed by atoms with Crippen molar-refractivity contribution in [1.82, 2.24) is 4.90 Å². The van der Waals surface area contributed by atoms with Gasteiger partial charge in [-0.2, -0.15) is 0 Å². The normalized spacial score (nSPS) is 24.5. The lowest BCUT2D eigenvalue weighted by Gasteiger charge is -2.39. The third-order valence-corrected chi connectivity index (χ3v) is 4.01. The van der Waals surface area contributed by atoms with Crippen molar-refractivity contribution in [3.05, 3.63) is 35.4 Å². The number of morpholine rings is 1. The first kappa shape index (κ1) is 15.0. The summed E-state index contributed by atoms with van der Waals surface area (Å²) in [5, 5.41) is 0. The van der Waals surface area contributed by atoms with E-state index >= 15 is 0 Å². The van der Waals surface area contributed by atoms with Crippen LogP contribution in [-0.4, -0.2) is 36.0 Å². The average molecular weight is 276 g/mol. The first-order valence-electron chi connectivity index (χ1n) is 7.27. The Morgan fingerprint density at radius 2 is 2.20 bits per heavy atom. The third kappa shape index (κ3) is 3.02. The van der Waals surface area contributed by atoms with E-state index in [4.69, 9.17) is 10.5 Å². The van der Waals surface area contributed by atoms with Crippen LogP contribution in [0.5, 0.6) is 0 Å². The van der Waals surface area contributed by atoms with Crippen LogP contribution in [0.4, 0.5) is 0 Å². The summed E-state index contributed by atoms with van der Waals surface area (Å²) in [5.74, 6) is 0.0295. The molecule has 0 aliphatic carbocycles. The van der Waals surface area contributed by atoms with Crippen LogP contribution in [0.2, 0.25) is 0 Å². The molecule has 4 nitrogen and oxygen atoms in total. The Hall–Kier alpha value is -1.39. The van der Waals surface area contributed by atoms with Gasteiger partial charge in [0, 0.05) is 0 Å². The Labute approximate surface area is 120 Å². The van der Waals surface area contributed by atoms with Crippen LogP contribution < -0.4 is 5.73 Å². The maximum absolute atomic E-state index is 12.3. The molecule has 4 heteroatoms. The number of carbonyl (C=O) groups excluding carboxylic acids is 1. The lowest BCUT2D eigenvalue weighted by Crippen LogP contribution is -2.53. The van der Waals surface area contributed by atoms with Crippen molar-refractivity contribution in [1.29, 1.82) is 0 Å². The zero-order valence-corrected chi connectivity index (χ0v) is 12.5. The smallest absolute Gasteiger partial charge is 0.239 e. The molecule has 0 spiro atoms. The van der Waals surface area contributed by atoms with Gasteiger partial charge in [-0.1, -0.05) is 31.2 Å². The topological polar surface area (TPSA) is 55.6 Å². The van der Waals surface area contributed by atoms with Crippen LogP contribution in [0.1, 0.15) is 37.5 Å². The molecule has 0 unspecified atom stereocenters. The zero-order valence-electron chi connectivity index (χ0n) is 12.5. The van der Waals surface area contributed by atoms with Gasteiger partial charge in [-0.3, -0.25) is 4.79 Å². The summed E-state index contributed by atoms with van der Waals surface area (Å²) in [6.45, 7) is 7.15. The fourth-order valence-electron chi connectivity index (χ4n) is 2.59. The molecule has 1 aliphatic heterocycles. The van der Waals surface area contributed by atoms with Gasteiger partial charge < -0.3 is 15.4 Å². The molecule has 0 radical (unpaired) electrons. The highest BCUT2D eigenvalue weighted by Crippen LogP contribution is 2.27. The molecule has 1 aliphatic rings. The van der Waals surface area contributed by atoms with Gasteiger partial charge in [0.05, 0.1) is 25.2 Å². The van der Waals surface area contributed by atoms with Crippen molar-refractivity contribution < 1.29 is 9.53 Å². The van der Waals surface area contributed by atoms with Crippen LogP contribution in [0.25, 0.3) is 0 Å². The van der Waals surface area contributed by atoms with Crippen LogP contribution in [0.15, 0.2) is 24.3 Å². The van der Waals surface area contributed by atoms with Gasteiger partial charge in [0.2, 0.25) is 5.91 Å². The van der Waals surface area contributed by atoms with Gasteiger partial charge in [-0.25, -0.2) is 0 Å². The molecule has 1 amide bonds. The minimum Gasteiger partial charge on any atom is -0.370 e. The number of benzene rings is 1. The van der Waals surface area contributed by atoms with E-state index in [1.54, 1.807) is 0 Å². The van der Waals surface area contributed by atoms with E-state index in [2.05, 4.69) is 19.1 Å². The minimum atomic E-state index is -0.409. The maximum atomic E-state index is 12.3. The Balaban J connectivity index is 2.16. The lowest BCUT2D eigenvalue weighted by molar-refractivity contribution is -0.146. The summed E-state index contributed by atoms with van der Waals surface area (Å²) >= 11 is 0. The largest absolute Gasteiger partial charge is 0.370 e. The highest BCUT2D eigenvalue weighted by molar-refractivity contribution is 5.82. The summed E-state index contributed by atoms with van der Waals surface area (Å²) in [5.41, 5.74) is 8.24. The summed E-state index contributed by atoms with van der Waals surface area (Å²) in [7, 11) is 0.